The van der Waals surface area contributed by atoms with Gasteiger partial charge in [0.1, 0.15) is 24.0 Å². The number of hydrogen-bond acceptors (Lipinski definition) is 3. The van der Waals surface area contributed by atoms with Crippen molar-refractivity contribution in [3.8, 4) is 5.75 Å². The summed E-state index contributed by atoms with van der Waals surface area (Å²) in [5, 5.41) is 7.90. The summed E-state index contributed by atoms with van der Waals surface area (Å²) < 4.78 is 32.0. The van der Waals surface area contributed by atoms with Gasteiger partial charge in [0.05, 0.1) is 6.54 Å². The molecule has 3 N–H and O–H groups in total. The maximum Gasteiger partial charge on any atom is 0.319 e. The van der Waals surface area contributed by atoms with Crippen LogP contribution >= 0.6 is 0 Å². The molecule has 0 aliphatic rings. The Balaban J connectivity index is 1.40. The highest BCUT2D eigenvalue weighted by Crippen LogP contribution is 2.12. The van der Waals surface area contributed by atoms with Gasteiger partial charge >= 0.3 is 6.03 Å². The van der Waals surface area contributed by atoms with Crippen LogP contribution in [-0.4, -0.2) is 25.1 Å². The van der Waals surface area contributed by atoms with Crippen molar-refractivity contribution in [3.63, 3.8) is 0 Å². The molecule has 0 unspecified atom stereocenters. The molecular formula is C23H21F2N3O3. The van der Waals surface area contributed by atoms with Crippen LogP contribution < -0.4 is 20.7 Å². The predicted molar refractivity (Wildman–Crippen MR) is 113 cm³/mol. The lowest BCUT2D eigenvalue weighted by atomic mass is 10.1. The smallest absolute Gasteiger partial charge is 0.319 e. The topological polar surface area (TPSA) is 79.5 Å². The largest absolute Gasteiger partial charge is 0.492 e. The number of carbonyl (C=O) groups is 2. The first kappa shape index (κ1) is 21.8. The number of ether oxygens (including phenoxy) is 1. The monoisotopic (exact) mass is 425 g/mol. The van der Waals surface area contributed by atoms with Crippen molar-refractivity contribution in [2.24, 2.45) is 0 Å². The molecule has 0 radical (unpaired) electrons. The van der Waals surface area contributed by atoms with Gasteiger partial charge in [-0.1, -0.05) is 24.3 Å². The molecular weight excluding hydrogens is 404 g/mol. The van der Waals surface area contributed by atoms with Crippen molar-refractivity contribution in [1.82, 2.24) is 10.6 Å². The maximum atomic E-state index is 13.6. The van der Waals surface area contributed by atoms with Crippen LogP contribution in [0.5, 0.6) is 5.75 Å². The summed E-state index contributed by atoms with van der Waals surface area (Å²) in [5.41, 5.74) is 1.27. The number of nitrogens with one attached hydrogen (secondary N) is 3. The fraction of sp³-hybridized carbons (Fsp3) is 0.130. The van der Waals surface area contributed by atoms with E-state index in [-0.39, 0.29) is 31.4 Å². The van der Waals surface area contributed by atoms with Crippen molar-refractivity contribution in [2.75, 3.05) is 18.5 Å². The second kappa shape index (κ2) is 10.7. The van der Waals surface area contributed by atoms with Gasteiger partial charge in [-0.15, -0.1) is 0 Å². The number of hydrogen-bond donors (Lipinski definition) is 3. The normalized spacial score (nSPS) is 10.3. The van der Waals surface area contributed by atoms with Crippen LogP contribution in [0.25, 0.3) is 0 Å². The summed E-state index contributed by atoms with van der Waals surface area (Å²) in [4.78, 5) is 24.1. The Bertz CT molecular complexity index is 1040. The van der Waals surface area contributed by atoms with Gasteiger partial charge in [-0.25, -0.2) is 13.6 Å². The lowest BCUT2D eigenvalue weighted by molar-refractivity contribution is 0.0950. The van der Waals surface area contributed by atoms with Crippen molar-refractivity contribution in [2.45, 2.75) is 6.54 Å². The molecule has 0 spiro atoms. The molecule has 31 heavy (non-hydrogen) atoms. The summed E-state index contributed by atoms with van der Waals surface area (Å²) in [6, 6.07) is 17.8. The number of anilines is 1. The Morgan fingerprint density at radius 3 is 2.39 bits per heavy atom. The molecule has 160 valence electrons. The van der Waals surface area contributed by atoms with Gasteiger partial charge < -0.3 is 20.7 Å². The minimum atomic E-state index is -0.445. The standard InChI is InChI=1S/C23H21F2N3O3/c24-18-5-3-6-20(14-18)31-13-12-26-23(30)28-19-10-8-16(9-11-19)22(29)27-15-17-4-1-2-7-21(17)25/h1-11,14H,12-13,15H2,(H,27,29)(H2,26,28,30). The molecule has 0 saturated heterocycles. The van der Waals surface area contributed by atoms with Crippen LogP contribution in [-0.2, 0) is 6.54 Å². The van der Waals surface area contributed by atoms with Crippen LogP contribution in [0, 0.1) is 11.6 Å². The van der Waals surface area contributed by atoms with E-state index in [4.69, 9.17) is 4.74 Å². The van der Waals surface area contributed by atoms with Gasteiger partial charge in [0.15, 0.2) is 0 Å². The molecule has 3 aromatic rings. The van der Waals surface area contributed by atoms with Gasteiger partial charge in [-0.2, -0.15) is 0 Å². The van der Waals surface area contributed by atoms with Gasteiger partial charge in [0.25, 0.3) is 5.91 Å². The molecule has 3 rings (SSSR count). The SMILES string of the molecule is O=C(NCCOc1cccc(F)c1)Nc1ccc(C(=O)NCc2ccccc2F)cc1. The molecule has 0 aliphatic carbocycles. The van der Waals surface area contributed by atoms with Crippen LogP contribution in [0.2, 0.25) is 0 Å². The number of urea groups is 1. The first-order valence-corrected chi connectivity index (χ1v) is 9.56. The summed E-state index contributed by atoms with van der Waals surface area (Å²) in [7, 11) is 0. The van der Waals surface area contributed by atoms with Crippen molar-refractivity contribution < 1.29 is 23.1 Å². The van der Waals surface area contributed by atoms with E-state index in [0.717, 1.165) is 0 Å². The third kappa shape index (κ3) is 6.81. The van der Waals surface area contributed by atoms with E-state index in [9.17, 15) is 18.4 Å². The Kier molecular flexibility index (Phi) is 7.53. The zero-order valence-corrected chi connectivity index (χ0v) is 16.5. The van der Waals surface area contributed by atoms with Gasteiger partial charge in [-0.05, 0) is 42.5 Å². The minimum absolute atomic E-state index is 0.0750. The van der Waals surface area contributed by atoms with Crippen molar-refractivity contribution in [3.05, 3.63) is 95.6 Å². The van der Waals surface area contributed by atoms with Gasteiger partial charge in [-0.3, -0.25) is 4.79 Å². The predicted octanol–water partition coefficient (Wildman–Crippen LogP) is 4.10. The quantitative estimate of drug-likeness (QED) is 0.476. The molecule has 0 fully saturated rings. The third-order valence-electron chi connectivity index (χ3n) is 4.25. The van der Waals surface area contributed by atoms with E-state index in [1.807, 2.05) is 0 Å². The summed E-state index contributed by atoms with van der Waals surface area (Å²) >= 11 is 0. The van der Waals surface area contributed by atoms with Crippen LogP contribution in [0.3, 0.4) is 0 Å². The molecule has 3 amide bonds. The summed E-state index contributed by atoms with van der Waals surface area (Å²) in [6.45, 7) is 0.475. The molecule has 8 heteroatoms. The lowest BCUT2D eigenvalue weighted by Gasteiger charge is -2.10. The third-order valence-corrected chi connectivity index (χ3v) is 4.25. The fourth-order valence-electron chi connectivity index (χ4n) is 2.69. The highest BCUT2D eigenvalue weighted by atomic mass is 19.1. The number of carbonyl (C=O) groups excluding carboxylic acids is 2. The molecule has 0 atom stereocenters. The minimum Gasteiger partial charge on any atom is -0.492 e. The molecule has 0 saturated carbocycles. The Morgan fingerprint density at radius 1 is 0.871 bits per heavy atom. The number of benzene rings is 3. The zero-order valence-electron chi connectivity index (χ0n) is 16.5. The Morgan fingerprint density at radius 2 is 1.65 bits per heavy atom. The molecule has 0 aliphatic heterocycles. The van der Waals surface area contributed by atoms with Crippen LogP contribution in [0.4, 0.5) is 19.3 Å². The van der Waals surface area contributed by atoms with Crippen LogP contribution in [0.1, 0.15) is 15.9 Å². The highest BCUT2D eigenvalue weighted by molar-refractivity contribution is 5.95. The second-order valence-corrected chi connectivity index (χ2v) is 6.54. The van der Waals surface area contributed by atoms with E-state index in [0.29, 0.717) is 22.6 Å². The number of halogens is 2. The first-order valence-electron chi connectivity index (χ1n) is 9.56. The van der Waals surface area contributed by atoms with E-state index in [1.54, 1.807) is 48.5 Å². The Labute approximate surface area is 178 Å². The zero-order chi connectivity index (χ0) is 22.1. The van der Waals surface area contributed by atoms with Gasteiger partial charge in [0, 0.05) is 29.4 Å². The van der Waals surface area contributed by atoms with Crippen LogP contribution in [0.15, 0.2) is 72.8 Å². The highest BCUT2D eigenvalue weighted by Gasteiger charge is 2.08. The Hall–Kier alpha value is -3.94. The molecule has 6 nitrogen and oxygen atoms in total. The average molecular weight is 425 g/mol. The fourth-order valence-corrected chi connectivity index (χ4v) is 2.69. The van der Waals surface area contributed by atoms with E-state index < -0.39 is 11.8 Å². The van der Waals surface area contributed by atoms with Gasteiger partial charge in [0.2, 0.25) is 0 Å². The lowest BCUT2D eigenvalue weighted by Crippen LogP contribution is -2.32. The molecule has 0 heterocycles. The number of rotatable bonds is 8. The molecule has 0 bridgehead atoms. The average Bonchev–Trinajstić information content (AvgIpc) is 2.76. The van der Waals surface area contributed by atoms with Crippen molar-refractivity contribution in [1.29, 1.82) is 0 Å². The summed E-state index contributed by atoms with van der Waals surface area (Å²) in [5.74, 6) is -0.748. The second-order valence-electron chi connectivity index (χ2n) is 6.54. The molecule has 0 aromatic heterocycles. The van der Waals surface area contributed by atoms with E-state index in [1.165, 1.54) is 24.3 Å². The van der Waals surface area contributed by atoms with E-state index in [2.05, 4.69) is 16.0 Å². The maximum absolute atomic E-state index is 13.6. The van der Waals surface area contributed by atoms with Crippen molar-refractivity contribution >= 4 is 17.6 Å². The molecule has 3 aromatic carbocycles. The summed E-state index contributed by atoms with van der Waals surface area (Å²) in [6.07, 6.45) is 0. The first-order chi connectivity index (χ1) is 15.0. The van der Waals surface area contributed by atoms with E-state index >= 15 is 0 Å². The number of amides is 3.